The number of hydrogen-bond donors (Lipinski definition) is 6. The molecule has 4 aliphatic rings. The summed E-state index contributed by atoms with van der Waals surface area (Å²) in [4.78, 5) is 55.4. The molecule has 1 heterocycles. The van der Waals surface area contributed by atoms with Gasteiger partial charge in [0.15, 0.2) is 17.4 Å². The number of aliphatic hydroxyl groups is 1. The number of carbonyl (C=O) groups is 4. The molecule has 13 heteroatoms. The number of unbranched alkanes of at least 4 members (excludes halogenated alkanes) is 1. The molecule has 46 heavy (non-hydrogen) atoms. The van der Waals surface area contributed by atoms with Crippen LogP contribution >= 0.6 is 0 Å². The van der Waals surface area contributed by atoms with Crippen molar-refractivity contribution in [1.29, 1.82) is 0 Å². The largest absolute Gasteiger partial charge is 0.365 e. The van der Waals surface area contributed by atoms with Gasteiger partial charge in [-0.3, -0.25) is 29.8 Å². The van der Waals surface area contributed by atoms with Crippen molar-refractivity contribution < 1.29 is 33.0 Å². The van der Waals surface area contributed by atoms with Gasteiger partial charge in [0.25, 0.3) is 5.91 Å². The van der Waals surface area contributed by atoms with Crippen molar-refractivity contribution >= 4 is 34.6 Å². The fraction of sp³-hybridized carbons (Fsp3) is 0.879. The van der Waals surface area contributed by atoms with Crippen LogP contribution in [-0.4, -0.2) is 90.1 Å². The molecule has 4 fully saturated rings. The minimum absolute atomic E-state index is 0.0272. The summed E-state index contributed by atoms with van der Waals surface area (Å²) in [5.41, 5.74) is -1.24. The Morgan fingerprint density at radius 2 is 1.59 bits per heavy atom. The number of nitrogens with one attached hydrogen (secondary N) is 4. The van der Waals surface area contributed by atoms with E-state index in [-0.39, 0.29) is 11.9 Å². The number of amides is 3. The maximum Gasteiger partial charge on any atom is 0.289 e. The van der Waals surface area contributed by atoms with E-state index in [1.165, 1.54) is 0 Å². The Morgan fingerprint density at radius 1 is 0.957 bits per heavy atom. The van der Waals surface area contributed by atoms with Crippen LogP contribution in [0.2, 0.25) is 0 Å². The van der Waals surface area contributed by atoms with Gasteiger partial charge in [0.05, 0.1) is 17.3 Å². The molecule has 6 N–H and O–H groups in total. The fourth-order valence-corrected chi connectivity index (χ4v) is 8.48. The van der Waals surface area contributed by atoms with Crippen molar-refractivity contribution in [2.75, 3.05) is 6.54 Å². The minimum Gasteiger partial charge on any atom is -0.365 e. The van der Waals surface area contributed by atoms with Gasteiger partial charge < -0.3 is 25.2 Å². The Morgan fingerprint density at radius 3 is 2.17 bits per heavy atom. The van der Waals surface area contributed by atoms with E-state index >= 15 is 0 Å². The van der Waals surface area contributed by atoms with Crippen molar-refractivity contribution in [3.05, 3.63) is 0 Å². The summed E-state index contributed by atoms with van der Waals surface area (Å²) >= 11 is -2.09. The molecule has 6 atom stereocenters. The van der Waals surface area contributed by atoms with Gasteiger partial charge in [0.1, 0.15) is 6.04 Å². The van der Waals surface area contributed by atoms with E-state index in [0.717, 1.165) is 70.6 Å². The maximum atomic E-state index is 14.5. The van der Waals surface area contributed by atoms with Gasteiger partial charge in [-0.05, 0) is 70.1 Å². The molecule has 1 aliphatic heterocycles. The molecular weight excluding hydrogens is 610 g/mol. The molecule has 0 bridgehead atoms. The van der Waals surface area contributed by atoms with E-state index in [4.69, 9.17) is 0 Å². The van der Waals surface area contributed by atoms with Crippen LogP contribution in [0.3, 0.4) is 0 Å². The number of carbonyl (C=O) groups excluding carboxylic acids is 4. The number of ketones is 1. The molecule has 1 saturated heterocycles. The van der Waals surface area contributed by atoms with Crippen molar-refractivity contribution in [1.82, 2.24) is 26.2 Å². The number of hydrogen-bond acceptors (Lipinski definition) is 8. The second kappa shape index (κ2) is 16.5. The molecular formula is C33H57N5O7S. The van der Waals surface area contributed by atoms with E-state index < -0.39 is 69.4 Å². The first kappa shape index (κ1) is 36.9. The van der Waals surface area contributed by atoms with Crippen LogP contribution in [0.15, 0.2) is 0 Å². The third-order valence-electron chi connectivity index (χ3n) is 11.0. The predicted molar refractivity (Wildman–Crippen MR) is 176 cm³/mol. The van der Waals surface area contributed by atoms with Crippen LogP contribution < -0.4 is 21.3 Å². The van der Waals surface area contributed by atoms with Crippen LogP contribution in [0, 0.1) is 5.41 Å². The first-order valence-corrected chi connectivity index (χ1v) is 18.8. The lowest BCUT2D eigenvalue weighted by atomic mass is 9.70. The van der Waals surface area contributed by atoms with Gasteiger partial charge in [-0.25, -0.2) is 4.21 Å². The standard InChI is InChI=1S/C33H57N5O7S/c1-4-5-13-24(26(39)29(41)34-23-15-16-23)35-28(40)25-14-12-21-38(25)30(42)27(32(3)17-8-6-9-18-32)36-31(43)37-33(22(2)46(44)45)19-10-7-11-20-33/h22-25,27,31,36-37,43H,4-21H2,1-3H3,(H,34,41)(H,35,40)(H,44,45). The third-order valence-corrected chi connectivity index (χ3v) is 12.0. The van der Waals surface area contributed by atoms with Gasteiger partial charge >= 0.3 is 0 Å². The summed E-state index contributed by atoms with van der Waals surface area (Å²) in [6.45, 7) is 6.12. The minimum atomic E-state index is -2.09. The second-order valence-electron chi connectivity index (χ2n) is 14.5. The lowest BCUT2D eigenvalue weighted by Crippen LogP contribution is -2.67. The van der Waals surface area contributed by atoms with Gasteiger partial charge in [-0.1, -0.05) is 65.2 Å². The van der Waals surface area contributed by atoms with E-state index in [9.17, 15) is 33.0 Å². The molecule has 0 radical (unpaired) electrons. The number of likely N-dealkylation sites (tertiary alicyclic amines) is 1. The van der Waals surface area contributed by atoms with E-state index in [0.29, 0.717) is 45.1 Å². The van der Waals surface area contributed by atoms with Gasteiger partial charge in [-0.15, -0.1) is 0 Å². The zero-order valence-electron chi connectivity index (χ0n) is 28.0. The molecule has 0 aromatic rings. The molecule has 3 saturated carbocycles. The van der Waals surface area contributed by atoms with E-state index in [1.54, 1.807) is 11.8 Å². The van der Waals surface area contributed by atoms with Gasteiger partial charge in [0, 0.05) is 18.1 Å². The summed E-state index contributed by atoms with van der Waals surface area (Å²) < 4.78 is 22.2. The predicted octanol–water partition coefficient (Wildman–Crippen LogP) is 2.61. The third kappa shape index (κ3) is 9.15. The summed E-state index contributed by atoms with van der Waals surface area (Å²) in [5.74, 6) is -2.04. The summed E-state index contributed by atoms with van der Waals surface area (Å²) in [6, 6.07) is -2.52. The quantitative estimate of drug-likeness (QED) is 0.0821. The van der Waals surface area contributed by atoms with Crippen LogP contribution in [-0.2, 0) is 30.3 Å². The molecule has 0 aromatic heterocycles. The van der Waals surface area contributed by atoms with Crippen molar-refractivity contribution in [2.45, 2.75) is 171 Å². The molecule has 3 amide bonds. The van der Waals surface area contributed by atoms with Crippen molar-refractivity contribution in [3.63, 3.8) is 0 Å². The second-order valence-corrected chi connectivity index (χ2v) is 15.8. The topological polar surface area (TPSA) is 177 Å². The highest BCUT2D eigenvalue weighted by Crippen LogP contribution is 2.41. The van der Waals surface area contributed by atoms with E-state index in [2.05, 4.69) is 28.2 Å². The first-order valence-electron chi connectivity index (χ1n) is 17.7. The lowest BCUT2D eigenvalue weighted by Gasteiger charge is -2.46. The summed E-state index contributed by atoms with van der Waals surface area (Å²) in [7, 11) is 0. The molecule has 0 spiro atoms. The molecule has 12 nitrogen and oxygen atoms in total. The molecule has 0 aromatic carbocycles. The average Bonchev–Trinajstić information content (AvgIpc) is 3.71. The molecule has 262 valence electrons. The maximum absolute atomic E-state index is 14.5. The number of aliphatic hydroxyl groups excluding tert-OH is 1. The molecule has 3 aliphatic carbocycles. The number of Topliss-reactive ketones (excluding diaryl/α,β-unsaturated/α-hetero) is 1. The smallest absolute Gasteiger partial charge is 0.289 e. The van der Waals surface area contributed by atoms with Crippen LogP contribution in [0.4, 0.5) is 0 Å². The Hall–Kier alpha value is -1.93. The zero-order valence-corrected chi connectivity index (χ0v) is 28.8. The van der Waals surface area contributed by atoms with Gasteiger partial charge in [-0.2, -0.15) is 0 Å². The highest BCUT2D eigenvalue weighted by Gasteiger charge is 2.48. The highest BCUT2D eigenvalue weighted by atomic mass is 32.2. The normalized spacial score (nSPS) is 25.9. The highest BCUT2D eigenvalue weighted by molar-refractivity contribution is 7.80. The average molecular weight is 668 g/mol. The Kier molecular flexibility index (Phi) is 13.2. The number of nitrogens with zero attached hydrogens (tertiary/aromatic N) is 1. The lowest BCUT2D eigenvalue weighted by molar-refractivity contribution is -0.146. The van der Waals surface area contributed by atoms with Gasteiger partial charge in [0.2, 0.25) is 17.6 Å². The first-order chi connectivity index (χ1) is 21.9. The van der Waals surface area contributed by atoms with E-state index in [1.807, 2.05) is 6.92 Å². The monoisotopic (exact) mass is 667 g/mol. The molecule has 6 unspecified atom stereocenters. The molecule has 4 rings (SSSR count). The van der Waals surface area contributed by atoms with Crippen molar-refractivity contribution in [3.8, 4) is 0 Å². The SMILES string of the molecule is CCCCC(NC(=O)C1CCCN1C(=O)C(NC(O)NC1(C(C)S(=O)O)CCCCC1)C1(C)CCCCC1)C(=O)C(=O)NC1CC1. The zero-order chi connectivity index (χ0) is 33.5. The van der Waals surface area contributed by atoms with Crippen LogP contribution in [0.25, 0.3) is 0 Å². The van der Waals surface area contributed by atoms with Crippen molar-refractivity contribution in [2.24, 2.45) is 5.41 Å². The summed E-state index contributed by atoms with van der Waals surface area (Å²) in [6.07, 6.45) is 11.8. The van der Waals surface area contributed by atoms with Crippen LogP contribution in [0.5, 0.6) is 0 Å². The Balaban J connectivity index is 1.51. The Bertz CT molecular complexity index is 1110. The van der Waals surface area contributed by atoms with Crippen LogP contribution in [0.1, 0.15) is 130 Å². The Labute approximate surface area is 276 Å². The fourth-order valence-electron chi connectivity index (χ4n) is 7.79. The summed E-state index contributed by atoms with van der Waals surface area (Å²) in [5, 5.41) is 22.8. The number of rotatable bonds is 16.